The summed E-state index contributed by atoms with van der Waals surface area (Å²) in [6.07, 6.45) is 4.74. The molecule has 0 saturated heterocycles. The van der Waals surface area contributed by atoms with Crippen molar-refractivity contribution in [3.8, 4) is 0 Å². The molecule has 0 saturated carbocycles. The van der Waals surface area contributed by atoms with Crippen molar-refractivity contribution in [2.45, 2.75) is 32.1 Å². The molecule has 3 N–H and O–H groups in total. The Morgan fingerprint density at radius 3 is 2.58 bits per heavy atom. The number of nitrogens with one attached hydrogen (secondary N) is 1. The Morgan fingerprint density at radius 1 is 1.09 bits per heavy atom. The second-order valence-electron chi connectivity index (χ2n) is 8.23. The van der Waals surface area contributed by atoms with E-state index in [9.17, 15) is 0 Å². The van der Waals surface area contributed by atoms with Crippen LogP contribution >= 0.6 is 23.2 Å². The van der Waals surface area contributed by atoms with Gasteiger partial charge in [0.25, 0.3) is 0 Å². The second kappa shape index (κ2) is 10.3. The third kappa shape index (κ3) is 5.32. The number of nitrogens with two attached hydrogens (primary N) is 1. The molecule has 168 valence electrons. The monoisotopic (exact) mass is 475 g/mol. The van der Waals surface area contributed by atoms with Crippen LogP contribution in [0.25, 0.3) is 5.70 Å². The molecule has 0 spiro atoms. The number of benzene rings is 3. The lowest BCUT2D eigenvalue weighted by Crippen LogP contribution is -2.17. The first-order valence-corrected chi connectivity index (χ1v) is 11.8. The van der Waals surface area contributed by atoms with E-state index in [0.29, 0.717) is 22.3 Å². The highest BCUT2D eigenvalue weighted by atomic mass is 35.5. The van der Waals surface area contributed by atoms with Gasteiger partial charge in [-0.15, -0.1) is 0 Å². The first kappa shape index (κ1) is 23.2. The van der Waals surface area contributed by atoms with Gasteiger partial charge in [-0.2, -0.15) is 0 Å². The lowest BCUT2D eigenvalue weighted by molar-refractivity contribution is 0.799. The fourth-order valence-corrected chi connectivity index (χ4v) is 4.51. The second-order valence-corrected chi connectivity index (χ2v) is 9.05. The maximum atomic E-state index is 6.56. The Balaban J connectivity index is 1.57. The summed E-state index contributed by atoms with van der Waals surface area (Å²) in [5.74, 6) is 0.667. The van der Waals surface area contributed by atoms with Gasteiger partial charge in [-0.05, 0) is 59.4 Å². The summed E-state index contributed by atoms with van der Waals surface area (Å²) in [6.45, 7) is 6.24. The van der Waals surface area contributed by atoms with E-state index in [4.69, 9.17) is 28.9 Å². The fraction of sp³-hybridized carbons (Fsp3) is 0.179. The van der Waals surface area contributed by atoms with Gasteiger partial charge in [0.05, 0.1) is 10.0 Å². The predicted octanol–water partition coefficient (Wildman–Crippen LogP) is 7.81. The number of aryl methyl sites for hydroxylation is 1. The predicted molar refractivity (Wildman–Crippen MR) is 142 cm³/mol. The largest absolute Gasteiger partial charge is 0.398 e. The normalized spacial score (nSPS) is 15.5. The quantitative estimate of drug-likeness (QED) is 0.342. The van der Waals surface area contributed by atoms with Crippen LogP contribution < -0.4 is 11.1 Å². The highest BCUT2D eigenvalue weighted by Crippen LogP contribution is 2.41. The van der Waals surface area contributed by atoms with Gasteiger partial charge in [0.2, 0.25) is 0 Å². The fourth-order valence-electron chi connectivity index (χ4n) is 4.21. The minimum absolute atomic E-state index is 0.108. The van der Waals surface area contributed by atoms with Crippen LogP contribution in [0.1, 0.15) is 47.9 Å². The average molecular weight is 476 g/mol. The summed E-state index contributed by atoms with van der Waals surface area (Å²) in [5.41, 5.74) is 13.8. The summed E-state index contributed by atoms with van der Waals surface area (Å²) >= 11 is 12.5. The molecule has 0 aliphatic heterocycles. The van der Waals surface area contributed by atoms with E-state index in [1.165, 1.54) is 11.1 Å². The molecule has 3 nitrogen and oxygen atoms in total. The molecule has 0 amide bonds. The van der Waals surface area contributed by atoms with Crippen molar-refractivity contribution >= 4 is 40.8 Å². The molecule has 1 atom stereocenters. The molecule has 5 heteroatoms. The number of hydrogen-bond donors (Lipinski definition) is 2. The van der Waals surface area contributed by atoms with Gasteiger partial charge in [0.1, 0.15) is 5.82 Å². The van der Waals surface area contributed by atoms with Crippen LogP contribution in [0.2, 0.25) is 10.0 Å². The third-order valence-electron chi connectivity index (χ3n) is 5.90. The van der Waals surface area contributed by atoms with E-state index in [2.05, 4.69) is 54.1 Å². The molecule has 3 aromatic rings. The summed E-state index contributed by atoms with van der Waals surface area (Å²) in [4.78, 5) is 4.57. The number of halogens is 2. The SMILES string of the molecule is C=C(/N=C\C1=C(N)c2ccccc2C(c2ccc(Cl)c(Cl)c2)C1)Nc1ccc(CCC)cc1. The van der Waals surface area contributed by atoms with Crippen LogP contribution in [-0.2, 0) is 6.42 Å². The summed E-state index contributed by atoms with van der Waals surface area (Å²) < 4.78 is 0. The number of hydrogen-bond acceptors (Lipinski definition) is 3. The maximum Gasteiger partial charge on any atom is 0.123 e. The molecule has 0 heterocycles. The van der Waals surface area contributed by atoms with Gasteiger partial charge in [0.15, 0.2) is 0 Å². The van der Waals surface area contributed by atoms with Crippen LogP contribution in [0, 0.1) is 0 Å². The van der Waals surface area contributed by atoms with Crippen LogP contribution in [-0.4, -0.2) is 6.21 Å². The molecule has 4 rings (SSSR count). The van der Waals surface area contributed by atoms with E-state index < -0.39 is 0 Å². The minimum atomic E-state index is 0.108. The zero-order valence-electron chi connectivity index (χ0n) is 18.6. The number of rotatable bonds is 7. The highest BCUT2D eigenvalue weighted by Gasteiger charge is 2.26. The van der Waals surface area contributed by atoms with Crippen LogP contribution in [0.15, 0.2) is 89.7 Å². The molecule has 3 aromatic carbocycles. The zero-order chi connectivity index (χ0) is 23.4. The number of nitrogens with zero attached hydrogens (tertiary/aromatic N) is 1. The summed E-state index contributed by atoms with van der Waals surface area (Å²) in [5, 5.41) is 4.35. The molecule has 0 fully saturated rings. The molecule has 0 bridgehead atoms. The Labute approximate surface area is 205 Å². The number of anilines is 1. The van der Waals surface area contributed by atoms with Gasteiger partial charge in [-0.3, -0.25) is 0 Å². The number of aliphatic imine (C=N–C) groups is 1. The van der Waals surface area contributed by atoms with E-state index >= 15 is 0 Å². The van der Waals surface area contributed by atoms with Crippen molar-refractivity contribution in [2.24, 2.45) is 10.7 Å². The molecule has 33 heavy (non-hydrogen) atoms. The smallest absolute Gasteiger partial charge is 0.123 e. The first-order valence-electron chi connectivity index (χ1n) is 11.1. The van der Waals surface area contributed by atoms with Crippen molar-refractivity contribution in [3.05, 3.63) is 117 Å². The topological polar surface area (TPSA) is 50.4 Å². The average Bonchev–Trinajstić information content (AvgIpc) is 2.82. The molecule has 1 unspecified atom stereocenters. The lowest BCUT2D eigenvalue weighted by Gasteiger charge is -2.28. The van der Waals surface area contributed by atoms with Crippen molar-refractivity contribution in [1.29, 1.82) is 0 Å². The van der Waals surface area contributed by atoms with Crippen molar-refractivity contribution in [1.82, 2.24) is 0 Å². The Hall–Kier alpha value is -3.01. The molecule has 0 aromatic heterocycles. The van der Waals surface area contributed by atoms with Crippen LogP contribution in [0.3, 0.4) is 0 Å². The van der Waals surface area contributed by atoms with Gasteiger partial charge < -0.3 is 11.1 Å². The summed E-state index contributed by atoms with van der Waals surface area (Å²) in [6, 6.07) is 22.4. The molecular weight excluding hydrogens is 449 g/mol. The first-order chi connectivity index (χ1) is 16.0. The van der Waals surface area contributed by atoms with Crippen molar-refractivity contribution in [3.63, 3.8) is 0 Å². The standard InChI is InChI=1S/C28H27Cl2N3/c1-3-6-19-9-12-22(13-10-19)33-18(2)32-17-21-15-25(20-11-14-26(29)27(30)16-20)23-7-4-5-8-24(23)28(21)31/h4-5,7-14,16-17,25,33H,2-3,6,15,31H2,1H3/b32-17-. The van der Waals surface area contributed by atoms with Gasteiger partial charge in [0, 0.05) is 29.1 Å². The number of fused-ring (bicyclic) bond motifs is 1. The van der Waals surface area contributed by atoms with E-state index in [1.54, 1.807) is 0 Å². The maximum absolute atomic E-state index is 6.56. The van der Waals surface area contributed by atoms with Gasteiger partial charge >= 0.3 is 0 Å². The Kier molecular flexibility index (Phi) is 7.22. The van der Waals surface area contributed by atoms with Gasteiger partial charge in [-0.25, -0.2) is 4.99 Å². The zero-order valence-corrected chi connectivity index (χ0v) is 20.1. The van der Waals surface area contributed by atoms with E-state index in [0.717, 1.165) is 40.9 Å². The molecular formula is C28H27Cl2N3. The van der Waals surface area contributed by atoms with E-state index in [1.807, 2.05) is 42.6 Å². The van der Waals surface area contributed by atoms with Crippen molar-refractivity contribution < 1.29 is 0 Å². The molecule has 1 aliphatic carbocycles. The third-order valence-corrected chi connectivity index (χ3v) is 6.64. The molecule has 1 aliphatic rings. The van der Waals surface area contributed by atoms with Crippen LogP contribution in [0.5, 0.6) is 0 Å². The minimum Gasteiger partial charge on any atom is -0.398 e. The van der Waals surface area contributed by atoms with Gasteiger partial charge in [-0.1, -0.05) is 85.6 Å². The Morgan fingerprint density at radius 2 is 1.85 bits per heavy atom. The van der Waals surface area contributed by atoms with E-state index in [-0.39, 0.29) is 5.92 Å². The highest BCUT2D eigenvalue weighted by molar-refractivity contribution is 6.42. The lowest BCUT2D eigenvalue weighted by atomic mass is 9.78. The Bertz CT molecular complexity index is 1230. The number of allylic oxidation sites excluding steroid dienone is 1. The summed E-state index contributed by atoms with van der Waals surface area (Å²) in [7, 11) is 0. The molecule has 0 radical (unpaired) electrons. The van der Waals surface area contributed by atoms with Crippen LogP contribution in [0.4, 0.5) is 5.69 Å². The van der Waals surface area contributed by atoms with Crippen molar-refractivity contribution in [2.75, 3.05) is 5.32 Å².